The largest absolute Gasteiger partial charge is 0.496 e. The maximum absolute atomic E-state index is 5.33. The molecule has 12 heavy (non-hydrogen) atoms. The van der Waals surface area contributed by atoms with Gasteiger partial charge in [0, 0.05) is 9.13 Å². The van der Waals surface area contributed by atoms with E-state index < -0.39 is 0 Å². The minimum Gasteiger partial charge on any atom is -0.496 e. The van der Waals surface area contributed by atoms with E-state index in [1.165, 1.54) is 20.3 Å². The number of hydrogen-bond acceptors (Lipinski definition) is 1. The summed E-state index contributed by atoms with van der Waals surface area (Å²) >= 11 is 2.34. The van der Waals surface area contributed by atoms with Gasteiger partial charge in [-0.05, 0) is 60.6 Å². The lowest BCUT2D eigenvalue weighted by molar-refractivity contribution is 0.407. The highest BCUT2D eigenvalue weighted by atomic mass is 127. The van der Waals surface area contributed by atoms with Crippen LogP contribution in [0, 0.1) is 24.3 Å². The molecular formula is C10H13IO. The highest BCUT2D eigenvalue weighted by Gasteiger charge is 2.08. The van der Waals surface area contributed by atoms with Gasteiger partial charge in [-0.25, -0.2) is 0 Å². The van der Waals surface area contributed by atoms with Gasteiger partial charge in [0.1, 0.15) is 5.75 Å². The summed E-state index contributed by atoms with van der Waals surface area (Å²) in [4.78, 5) is 0. The third-order valence-corrected chi connectivity index (χ3v) is 3.30. The average molecular weight is 276 g/mol. The zero-order valence-electron chi connectivity index (χ0n) is 7.86. The summed E-state index contributed by atoms with van der Waals surface area (Å²) in [6, 6.07) is 2.19. The molecule has 2 heteroatoms. The van der Waals surface area contributed by atoms with Gasteiger partial charge in [-0.3, -0.25) is 0 Å². The fraction of sp³-hybridized carbons (Fsp3) is 0.400. The molecule has 0 spiro atoms. The number of methoxy groups -OCH3 is 1. The molecule has 0 fully saturated rings. The Morgan fingerprint density at radius 3 is 2.25 bits per heavy atom. The number of hydrogen-bond donors (Lipinski definition) is 0. The van der Waals surface area contributed by atoms with Crippen LogP contribution in [0.4, 0.5) is 0 Å². The van der Waals surface area contributed by atoms with Crippen LogP contribution in [0.2, 0.25) is 0 Å². The molecule has 0 bridgehead atoms. The topological polar surface area (TPSA) is 9.23 Å². The molecule has 66 valence electrons. The number of benzene rings is 1. The molecule has 0 aliphatic carbocycles. The first-order valence-corrected chi connectivity index (χ1v) is 4.96. The van der Waals surface area contributed by atoms with Crippen molar-refractivity contribution in [3.8, 4) is 5.75 Å². The molecule has 0 unspecified atom stereocenters. The summed E-state index contributed by atoms with van der Waals surface area (Å²) in [6.07, 6.45) is 0. The number of ether oxygens (including phenoxy) is 1. The normalized spacial score (nSPS) is 10.1. The van der Waals surface area contributed by atoms with Crippen molar-refractivity contribution >= 4 is 22.6 Å². The van der Waals surface area contributed by atoms with E-state index in [1.807, 2.05) is 0 Å². The predicted molar refractivity (Wildman–Crippen MR) is 59.9 cm³/mol. The van der Waals surface area contributed by atoms with Crippen molar-refractivity contribution in [2.45, 2.75) is 20.8 Å². The molecule has 0 amide bonds. The van der Waals surface area contributed by atoms with Gasteiger partial charge in [0.2, 0.25) is 0 Å². The lowest BCUT2D eigenvalue weighted by atomic mass is 10.1. The van der Waals surface area contributed by atoms with E-state index in [0.29, 0.717) is 0 Å². The first-order valence-electron chi connectivity index (χ1n) is 3.88. The second-order valence-electron chi connectivity index (χ2n) is 2.96. The van der Waals surface area contributed by atoms with E-state index in [1.54, 1.807) is 7.11 Å². The molecular weight excluding hydrogens is 263 g/mol. The SMILES string of the molecule is COc1c(C)c(C)cc(I)c1C. The van der Waals surface area contributed by atoms with Gasteiger partial charge in [-0.2, -0.15) is 0 Å². The van der Waals surface area contributed by atoms with Crippen LogP contribution in [-0.4, -0.2) is 7.11 Å². The Balaban J connectivity index is 3.42. The molecule has 0 radical (unpaired) electrons. The number of halogens is 1. The quantitative estimate of drug-likeness (QED) is 0.715. The highest BCUT2D eigenvalue weighted by Crippen LogP contribution is 2.29. The van der Waals surface area contributed by atoms with Crippen LogP contribution < -0.4 is 4.74 Å². The average Bonchev–Trinajstić information content (AvgIpc) is 2.02. The van der Waals surface area contributed by atoms with Crippen LogP contribution in [0.5, 0.6) is 5.75 Å². The van der Waals surface area contributed by atoms with Crippen molar-refractivity contribution in [2.24, 2.45) is 0 Å². The lowest BCUT2D eigenvalue weighted by Gasteiger charge is -2.12. The summed E-state index contributed by atoms with van der Waals surface area (Å²) in [5, 5.41) is 0. The van der Waals surface area contributed by atoms with Crippen LogP contribution >= 0.6 is 22.6 Å². The summed E-state index contributed by atoms with van der Waals surface area (Å²) in [5.41, 5.74) is 3.78. The Bertz CT molecular complexity index is 279. The lowest BCUT2D eigenvalue weighted by Crippen LogP contribution is -1.95. The molecule has 1 nitrogen and oxygen atoms in total. The Labute approximate surface area is 87.3 Å². The maximum atomic E-state index is 5.33. The highest BCUT2D eigenvalue weighted by molar-refractivity contribution is 14.1. The van der Waals surface area contributed by atoms with Crippen molar-refractivity contribution in [3.63, 3.8) is 0 Å². The van der Waals surface area contributed by atoms with Crippen molar-refractivity contribution in [3.05, 3.63) is 26.3 Å². The molecule has 0 atom stereocenters. The molecule has 1 aromatic rings. The van der Waals surface area contributed by atoms with Gasteiger partial charge >= 0.3 is 0 Å². The molecule has 0 aliphatic rings. The fourth-order valence-electron chi connectivity index (χ4n) is 1.28. The van der Waals surface area contributed by atoms with Crippen molar-refractivity contribution in [1.82, 2.24) is 0 Å². The van der Waals surface area contributed by atoms with Crippen molar-refractivity contribution < 1.29 is 4.74 Å². The van der Waals surface area contributed by atoms with E-state index in [2.05, 4.69) is 49.4 Å². The Hall–Kier alpha value is -0.250. The molecule has 0 aliphatic heterocycles. The van der Waals surface area contributed by atoms with E-state index in [-0.39, 0.29) is 0 Å². The van der Waals surface area contributed by atoms with Gasteiger partial charge in [0.05, 0.1) is 7.11 Å². The first kappa shape index (κ1) is 9.84. The smallest absolute Gasteiger partial charge is 0.125 e. The van der Waals surface area contributed by atoms with Crippen molar-refractivity contribution in [1.29, 1.82) is 0 Å². The van der Waals surface area contributed by atoms with Crippen LogP contribution in [0.3, 0.4) is 0 Å². The molecule has 0 saturated heterocycles. The van der Waals surface area contributed by atoms with E-state index in [0.717, 1.165) is 5.75 Å². The summed E-state index contributed by atoms with van der Waals surface area (Å²) in [7, 11) is 1.73. The number of rotatable bonds is 1. The zero-order valence-corrected chi connectivity index (χ0v) is 10.0. The predicted octanol–water partition coefficient (Wildman–Crippen LogP) is 3.23. The first-order chi connectivity index (χ1) is 5.57. The second-order valence-corrected chi connectivity index (χ2v) is 4.12. The molecule has 1 aromatic carbocycles. The minimum absolute atomic E-state index is 1.03. The third kappa shape index (κ3) is 1.58. The van der Waals surface area contributed by atoms with Gasteiger partial charge in [0.25, 0.3) is 0 Å². The summed E-state index contributed by atoms with van der Waals surface area (Å²) in [5.74, 6) is 1.03. The van der Waals surface area contributed by atoms with Crippen LogP contribution in [-0.2, 0) is 0 Å². The molecule has 0 saturated carbocycles. The van der Waals surface area contributed by atoms with Crippen molar-refractivity contribution in [2.75, 3.05) is 7.11 Å². The summed E-state index contributed by atoms with van der Waals surface area (Å²) < 4.78 is 6.60. The van der Waals surface area contributed by atoms with Crippen LogP contribution in [0.1, 0.15) is 16.7 Å². The second kappa shape index (κ2) is 3.64. The summed E-state index contributed by atoms with van der Waals surface area (Å²) in [6.45, 7) is 6.30. The van der Waals surface area contributed by atoms with Gasteiger partial charge in [0.15, 0.2) is 0 Å². The fourth-order valence-corrected chi connectivity index (χ4v) is 1.99. The van der Waals surface area contributed by atoms with Crippen LogP contribution in [0.25, 0.3) is 0 Å². The number of aryl methyl sites for hydroxylation is 1. The van der Waals surface area contributed by atoms with E-state index in [9.17, 15) is 0 Å². The molecule has 0 heterocycles. The van der Waals surface area contributed by atoms with E-state index >= 15 is 0 Å². The van der Waals surface area contributed by atoms with Gasteiger partial charge in [-0.1, -0.05) is 0 Å². The Morgan fingerprint density at radius 1 is 1.17 bits per heavy atom. The third-order valence-electron chi connectivity index (χ3n) is 2.18. The molecule has 0 N–H and O–H groups in total. The van der Waals surface area contributed by atoms with Gasteiger partial charge < -0.3 is 4.74 Å². The Morgan fingerprint density at radius 2 is 1.75 bits per heavy atom. The maximum Gasteiger partial charge on any atom is 0.125 e. The Kier molecular flexibility index (Phi) is 2.99. The monoisotopic (exact) mass is 276 g/mol. The van der Waals surface area contributed by atoms with E-state index in [4.69, 9.17) is 4.74 Å². The van der Waals surface area contributed by atoms with Gasteiger partial charge in [-0.15, -0.1) is 0 Å². The molecule has 0 aromatic heterocycles. The minimum atomic E-state index is 1.03. The zero-order chi connectivity index (χ0) is 9.30. The molecule has 1 rings (SSSR count). The standard InChI is InChI=1S/C10H13IO/c1-6-5-9(11)8(3)10(12-4)7(6)2/h5H,1-4H3. The van der Waals surface area contributed by atoms with Crippen LogP contribution in [0.15, 0.2) is 6.07 Å².